The number of aromatic carboxylic acids is 1. The van der Waals surface area contributed by atoms with Crippen molar-refractivity contribution in [3.8, 4) is 0 Å². The molecule has 0 atom stereocenters. The minimum absolute atomic E-state index is 0.442. The normalized spacial score (nSPS) is 15.2. The molecule has 3 heteroatoms. The molecule has 0 bridgehead atoms. The zero-order valence-electron chi connectivity index (χ0n) is 11.8. The van der Waals surface area contributed by atoms with Crippen LogP contribution in [0.15, 0.2) is 24.3 Å². The van der Waals surface area contributed by atoms with Gasteiger partial charge in [-0.3, -0.25) is 4.90 Å². The molecule has 3 nitrogen and oxygen atoms in total. The van der Waals surface area contributed by atoms with Crippen LogP contribution in [0.25, 0.3) is 0 Å². The van der Waals surface area contributed by atoms with E-state index in [4.69, 9.17) is 0 Å². The highest BCUT2D eigenvalue weighted by molar-refractivity contribution is 5.89. The maximum absolute atomic E-state index is 11.2. The van der Waals surface area contributed by atoms with Crippen LogP contribution in [-0.4, -0.2) is 28.6 Å². The van der Waals surface area contributed by atoms with Crippen molar-refractivity contribution in [2.24, 2.45) is 5.92 Å². The molecule has 1 N–H and O–H groups in total. The molecule has 1 aliphatic rings. The quantitative estimate of drug-likeness (QED) is 0.818. The van der Waals surface area contributed by atoms with Crippen molar-refractivity contribution < 1.29 is 9.90 Å². The molecule has 104 valence electrons. The molecule has 0 spiro atoms. The van der Waals surface area contributed by atoms with Gasteiger partial charge in [0.25, 0.3) is 0 Å². The van der Waals surface area contributed by atoms with Crippen molar-refractivity contribution in [1.29, 1.82) is 0 Å². The van der Waals surface area contributed by atoms with Crippen LogP contribution < -0.4 is 0 Å². The molecule has 0 saturated heterocycles. The minimum Gasteiger partial charge on any atom is -0.478 e. The zero-order chi connectivity index (χ0) is 13.8. The van der Waals surface area contributed by atoms with Crippen LogP contribution in [0, 0.1) is 5.92 Å². The number of carboxylic acids is 1. The van der Waals surface area contributed by atoms with E-state index in [9.17, 15) is 9.90 Å². The highest BCUT2D eigenvalue weighted by Gasteiger charge is 2.29. The zero-order valence-corrected chi connectivity index (χ0v) is 11.8. The highest BCUT2D eigenvalue weighted by atomic mass is 16.4. The summed E-state index contributed by atoms with van der Waals surface area (Å²) in [6.45, 7) is 6.29. The molecule has 0 amide bonds. The van der Waals surface area contributed by atoms with Crippen molar-refractivity contribution >= 4 is 5.97 Å². The maximum Gasteiger partial charge on any atom is 0.336 e. The first-order chi connectivity index (χ1) is 9.08. The molecule has 0 heterocycles. The topological polar surface area (TPSA) is 40.5 Å². The summed E-state index contributed by atoms with van der Waals surface area (Å²) in [7, 11) is 0. The fraction of sp³-hybridized carbons (Fsp3) is 0.562. The second kappa shape index (κ2) is 6.20. The summed E-state index contributed by atoms with van der Waals surface area (Å²) in [5, 5.41) is 9.23. The molecule has 0 aromatic heterocycles. The van der Waals surface area contributed by atoms with E-state index in [1.165, 1.54) is 19.3 Å². The molecule has 2 rings (SSSR count). The van der Waals surface area contributed by atoms with Gasteiger partial charge in [0.1, 0.15) is 0 Å². The van der Waals surface area contributed by atoms with Crippen molar-refractivity contribution in [2.45, 2.75) is 45.7 Å². The van der Waals surface area contributed by atoms with E-state index >= 15 is 0 Å². The number of nitrogens with zero attached hydrogens (tertiary/aromatic N) is 1. The molecular formula is C16H23NO2. The molecule has 1 aliphatic carbocycles. The summed E-state index contributed by atoms with van der Waals surface area (Å²) in [6.07, 6.45) is 3.69. The second-order valence-corrected chi connectivity index (χ2v) is 5.85. The van der Waals surface area contributed by atoms with E-state index in [2.05, 4.69) is 18.7 Å². The van der Waals surface area contributed by atoms with Crippen LogP contribution in [0.3, 0.4) is 0 Å². The first-order valence-corrected chi connectivity index (χ1v) is 7.13. The number of carboxylic acid groups (broad SMARTS) is 1. The Bertz CT molecular complexity index is 438. The van der Waals surface area contributed by atoms with E-state index in [0.29, 0.717) is 17.5 Å². The predicted molar refractivity (Wildman–Crippen MR) is 76.3 cm³/mol. The summed E-state index contributed by atoms with van der Waals surface area (Å²) in [6, 6.07) is 8.03. The Morgan fingerprint density at radius 1 is 1.37 bits per heavy atom. The van der Waals surface area contributed by atoms with Gasteiger partial charge in [0.2, 0.25) is 0 Å². The van der Waals surface area contributed by atoms with E-state index in [1.807, 2.05) is 12.1 Å². The second-order valence-electron chi connectivity index (χ2n) is 5.85. The van der Waals surface area contributed by atoms with Gasteiger partial charge in [-0.1, -0.05) is 32.0 Å². The summed E-state index contributed by atoms with van der Waals surface area (Å²) in [5.41, 5.74) is 1.38. The molecule has 0 radical (unpaired) electrons. The SMILES string of the molecule is CC(C)CCN(Cc1ccccc1C(=O)O)C1CC1. The summed E-state index contributed by atoms with van der Waals surface area (Å²) < 4.78 is 0. The number of benzene rings is 1. The Hall–Kier alpha value is -1.35. The summed E-state index contributed by atoms with van der Waals surface area (Å²) in [5.74, 6) is -0.133. The fourth-order valence-electron chi connectivity index (χ4n) is 2.34. The van der Waals surface area contributed by atoms with E-state index < -0.39 is 5.97 Å². The van der Waals surface area contributed by atoms with Gasteiger partial charge >= 0.3 is 5.97 Å². The van der Waals surface area contributed by atoms with Gasteiger partial charge in [0, 0.05) is 12.6 Å². The van der Waals surface area contributed by atoms with Crippen molar-refractivity contribution in [3.63, 3.8) is 0 Å². The van der Waals surface area contributed by atoms with Crippen LogP contribution in [0.4, 0.5) is 0 Å². The Kier molecular flexibility index (Phi) is 4.59. The van der Waals surface area contributed by atoms with E-state index in [1.54, 1.807) is 12.1 Å². The smallest absolute Gasteiger partial charge is 0.336 e. The van der Waals surface area contributed by atoms with Crippen LogP contribution in [0.2, 0.25) is 0 Å². The lowest BCUT2D eigenvalue weighted by molar-refractivity contribution is 0.0694. The Labute approximate surface area is 115 Å². The van der Waals surface area contributed by atoms with Crippen molar-refractivity contribution in [3.05, 3.63) is 35.4 Å². The van der Waals surface area contributed by atoms with Gasteiger partial charge in [0.05, 0.1) is 5.56 Å². The Balaban J connectivity index is 2.06. The molecule has 1 aromatic carbocycles. The average molecular weight is 261 g/mol. The minimum atomic E-state index is -0.824. The predicted octanol–water partition coefficient (Wildman–Crippen LogP) is 3.40. The third-order valence-corrected chi connectivity index (χ3v) is 3.68. The Morgan fingerprint density at radius 2 is 2.05 bits per heavy atom. The lowest BCUT2D eigenvalue weighted by Crippen LogP contribution is -2.28. The molecular weight excluding hydrogens is 238 g/mol. The third-order valence-electron chi connectivity index (χ3n) is 3.68. The lowest BCUT2D eigenvalue weighted by Gasteiger charge is -2.23. The van der Waals surface area contributed by atoms with Crippen molar-refractivity contribution in [1.82, 2.24) is 4.90 Å². The van der Waals surface area contributed by atoms with Crippen molar-refractivity contribution in [2.75, 3.05) is 6.54 Å². The molecule has 0 aliphatic heterocycles. The monoisotopic (exact) mass is 261 g/mol. The van der Waals surface area contributed by atoms with Crippen LogP contribution in [0.5, 0.6) is 0 Å². The van der Waals surface area contributed by atoms with Gasteiger partial charge < -0.3 is 5.11 Å². The lowest BCUT2D eigenvalue weighted by atomic mass is 10.1. The van der Waals surface area contributed by atoms with Gasteiger partial charge in [-0.05, 0) is 43.4 Å². The van der Waals surface area contributed by atoms with Gasteiger partial charge in [-0.25, -0.2) is 4.79 Å². The first-order valence-electron chi connectivity index (χ1n) is 7.13. The number of carbonyl (C=O) groups is 1. The standard InChI is InChI=1S/C16H23NO2/c1-12(2)9-10-17(14-7-8-14)11-13-5-3-4-6-15(13)16(18)19/h3-6,12,14H,7-11H2,1-2H3,(H,18,19). The first kappa shape index (κ1) is 14.1. The maximum atomic E-state index is 11.2. The Morgan fingerprint density at radius 3 is 2.63 bits per heavy atom. The summed E-state index contributed by atoms with van der Waals surface area (Å²) >= 11 is 0. The molecule has 0 unspecified atom stereocenters. The van der Waals surface area contributed by atoms with Crippen LogP contribution in [-0.2, 0) is 6.54 Å². The van der Waals surface area contributed by atoms with E-state index in [-0.39, 0.29) is 0 Å². The third kappa shape index (κ3) is 4.06. The van der Waals surface area contributed by atoms with Crippen LogP contribution >= 0.6 is 0 Å². The number of hydrogen-bond acceptors (Lipinski definition) is 2. The largest absolute Gasteiger partial charge is 0.478 e. The molecule has 19 heavy (non-hydrogen) atoms. The summed E-state index contributed by atoms with van der Waals surface area (Å²) in [4.78, 5) is 13.7. The number of hydrogen-bond donors (Lipinski definition) is 1. The van der Waals surface area contributed by atoms with Crippen LogP contribution in [0.1, 0.15) is 49.0 Å². The van der Waals surface area contributed by atoms with Gasteiger partial charge in [-0.2, -0.15) is 0 Å². The van der Waals surface area contributed by atoms with Gasteiger partial charge in [0.15, 0.2) is 0 Å². The van der Waals surface area contributed by atoms with E-state index in [0.717, 1.165) is 18.7 Å². The molecule has 1 saturated carbocycles. The average Bonchev–Trinajstić information content (AvgIpc) is 3.18. The molecule has 1 aromatic rings. The molecule has 1 fully saturated rings. The van der Waals surface area contributed by atoms with Gasteiger partial charge in [-0.15, -0.1) is 0 Å². The fourth-order valence-corrected chi connectivity index (χ4v) is 2.34. The number of rotatable bonds is 7. The highest BCUT2D eigenvalue weighted by Crippen LogP contribution is 2.29.